The van der Waals surface area contributed by atoms with Crippen LogP contribution in [0.4, 0.5) is 11.4 Å². The third kappa shape index (κ3) is 4.86. The number of amides is 2. The number of benzene rings is 2. The summed E-state index contributed by atoms with van der Waals surface area (Å²) in [5.41, 5.74) is 1.92. The third-order valence-corrected chi connectivity index (χ3v) is 6.28. The number of carbonyl (C=O) groups excluding carboxylic acids is 2. The largest absolute Gasteiger partial charge is 0.494 e. The molecule has 2 amide bonds. The Bertz CT molecular complexity index is 997. The Balaban J connectivity index is 1.74. The van der Waals surface area contributed by atoms with Crippen LogP contribution >= 0.6 is 35.0 Å². The van der Waals surface area contributed by atoms with Crippen LogP contribution in [0.2, 0.25) is 10.0 Å². The van der Waals surface area contributed by atoms with Gasteiger partial charge in [-0.3, -0.25) is 14.5 Å². The van der Waals surface area contributed by atoms with Gasteiger partial charge >= 0.3 is 0 Å². The normalized spacial score (nSPS) is 17.7. The Morgan fingerprint density at radius 1 is 1.31 bits per heavy atom. The van der Waals surface area contributed by atoms with Gasteiger partial charge in [0.05, 0.1) is 7.11 Å². The minimum Gasteiger partial charge on any atom is -0.494 e. The Morgan fingerprint density at radius 2 is 2.07 bits per heavy atom. The first-order chi connectivity index (χ1) is 13.8. The Hall–Kier alpha value is -2.22. The van der Waals surface area contributed by atoms with E-state index >= 15 is 0 Å². The van der Waals surface area contributed by atoms with Crippen molar-refractivity contribution in [1.82, 2.24) is 4.90 Å². The summed E-state index contributed by atoms with van der Waals surface area (Å²) in [6.45, 7) is 1.82. The van der Waals surface area contributed by atoms with Crippen molar-refractivity contribution in [3.63, 3.8) is 0 Å². The van der Waals surface area contributed by atoms with Gasteiger partial charge in [0, 0.05) is 29.2 Å². The number of ether oxygens (including phenoxy) is 1. The molecule has 1 atom stereocenters. The molecule has 1 saturated heterocycles. The molecule has 1 unspecified atom stereocenters. The fourth-order valence-electron chi connectivity index (χ4n) is 2.76. The second-order valence-electron chi connectivity index (χ2n) is 6.38. The van der Waals surface area contributed by atoms with Crippen LogP contribution < -0.4 is 10.1 Å². The minimum absolute atomic E-state index is 0.0193. The fraction of sp³-hybridized carbons (Fsp3) is 0.250. The summed E-state index contributed by atoms with van der Waals surface area (Å²) in [6.07, 6.45) is 0.0193. The van der Waals surface area contributed by atoms with Crippen molar-refractivity contribution in [3.8, 4) is 5.75 Å². The molecule has 2 aromatic rings. The summed E-state index contributed by atoms with van der Waals surface area (Å²) in [5.74, 6) is 0.0879. The highest BCUT2D eigenvalue weighted by Gasteiger charge is 2.37. The number of anilines is 1. The van der Waals surface area contributed by atoms with Crippen molar-refractivity contribution in [3.05, 3.63) is 52.0 Å². The number of methoxy groups -OCH3 is 1. The maximum absolute atomic E-state index is 12.6. The lowest BCUT2D eigenvalue weighted by Gasteiger charge is -2.11. The molecular formula is C20H19Cl2N3O3S. The van der Waals surface area contributed by atoms with Crippen molar-refractivity contribution in [2.24, 2.45) is 4.99 Å². The molecule has 29 heavy (non-hydrogen) atoms. The van der Waals surface area contributed by atoms with Gasteiger partial charge in [-0.05, 0) is 42.8 Å². The van der Waals surface area contributed by atoms with Crippen LogP contribution in [0.15, 0.2) is 41.4 Å². The molecule has 0 aromatic heterocycles. The zero-order valence-corrected chi connectivity index (χ0v) is 18.4. The zero-order valence-electron chi connectivity index (χ0n) is 16.0. The fourth-order valence-corrected chi connectivity index (χ4v) is 4.25. The molecule has 1 aliphatic heterocycles. The highest BCUT2D eigenvalue weighted by Crippen LogP contribution is 2.35. The maximum Gasteiger partial charge on any atom is 0.242 e. The first kappa shape index (κ1) is 21.5. The van der Waals surface area contributed by atoms with Crippen LogP contribution in [0, 0.1) is 6.92 Å². The number of aliphatic imine (C=N–C) groups is 1. The van der Waals surface area contributed by atoms with E-state index in [1.54, 1.807) is 43.4 Å². The smallest absolute Gasteiger partial charge is 0.242 e. The molecule has 0 radical (unpaired) electrons. The average Bonchev–Trinajstić information content (AvgIpc) is 2.93. The molecule has 1 aliphatic rings. The molecule has 1 fully saturated rings. The number of nitrogens with zero attached hydrogens (tertiary/aromatic N) is 2. The molecule has 152 valence electrons. The molecule has 6 nitrogen and oxygen atoms in total. The van der Waals surface area contributed by atoms with Gasteiger partial charge < -0.3 is 10.1 Å². The van der Waals surface area contributed by atoms with Gasteiger partial charge in [-0.25, -0.2) is 4.99 Å². The van der Waals surface area contributed by atoms with Gasteiger partial charge in [0.2, 0.25) is 11.8 Å². The van der Waals surface area contributed by atoms with Gasteiger partial charge in [-0.15, -0.1) is 0 Å². The molecule has 1 heterocycles. The number of hydrogen-bond acceptors (Lipinski definition) is 5. The van der Waals surface area contributed by atoms with E-state index in [2.05, 4.69) is 10.3 Å². The molecule has 0 saturated carbocycles. The molecule has 3 rings (SSSR count). The van der Waals surface area contributed by atoms with Crippen molar-refractivity contribution in [2.75, 3.05) is 19.5 Å². The van der Waals surface area contributed by atoms with Gasteiger partial charge in [-0.1, -0.05) is 41.0 Å². The van der Waals surface area contributed by atoms with Gasteiger partial charge in [0.25, 0.3) is 0 Å². The third-order valence-electron chi connectivity index (χ3n) is 4.41. The summed E-state index contributed by atoms with van der Waals surface area (Å²) in [5, 5.41) is 3.81. The second-order valence-corrected chi connectivity index (χ2v) is 8.39. The molecule has 0 spiro atoms. The lowest BCUT2D eigenvalue weighted by atomic mass is 10.2. The highest BCUT2D eigenvalue weighted by atomic mass is 35.5. The number of thioether (sulfide) groups is 1. The van der Waals surface area contributed by atoms with E-state index in [0.29, 0.717) is 32.3 Å². The number of hydrogen-bond donors (Lipinski definition) is 1. The standard InChI is InChI=1S/C20H19Cl2N3O3S/c1-11-13(22)5-4-6-14(11)23-18(26)10-17-19(27)25(2)20(29-17)24-15-9-12(21)7-8-16(15)28-3/h4-9,17H,10H2,1-3H3,(H,23,26). The van der Waals surface area contributed by atoms with Crippen LogP contribution in [0.5, 0.6) is 5.75 Å². The summed E-state index contributed by atoms with van der Waals surface area (Å²) in [6, 6.07) is 10.4. The van der Waals surface area contributed by atoms with Crippen molar-refractivity contribution < 1.29 is 14.3 Å². The molecule has 0 aliphatic carbocycles. The first-order valence-electron chi connectivity index (χ1n) is 8.71. The topological polar surface area (TPSA) is 71.0 Å². The predicted octanol–water partition coefficient (Wildman–Crippen LogP) is 4.90. The maximum atomic E-state index is 12.6. The summed E-state index contributed by atoms with van der Waals surface area (Å²) in [7, 11) is 3.17. The van der Waals surface area contributed by atoms with Gasteiger partial charge in [-0.2, -0.15) is 0 Å². The Morgan fingerprint density at radius 3 is 2.79 bits per heavy atom. The Kier molecular flexibility index (Phi) is 6.72. The van der Waals surface area contributed by atoms with E-state index in [1.165, 1.54) is 23.8 Å². The Labute approximate surface area is 183 Å². The highest BCUT2D eigenvalue weighted by molar-refractivity contribution is 8.15. The van der Waals surface area contributed by atoms with E-state index in [9.17, 15) is 9.59 Å². The van der Waals surface area contributed by atoms with E-state index < -0.39 is 5.25 Å². The van der Waals surface area contributed by atoms with Gasteiger partial charge in [0.15, 0.2) is 5.17 Å². The zero-order chi connectivity index (χ0) is 21.1. The summed E-state index contributed by atoms with van der Waals surface area (Å²) >= 11 is 13.4. The van der Waals surface area contributed by atoms with Crippen LogP contribution in [0.3, 0.4) is 0 Å². The number of carbonyl (C=O) groups is 2. The number of rotatable bonds is 5. The van der Waals surface area contributed by atoms with Crippen LogP contribution in [-0.2, 0) is 9.59 Å². The molecule has 0 bridgehead atoms. The van der Waals surface area contributed by atoms with Crippen LogP contribution in [0.1, 0.15) is 12.0 Å². The quantitative estimate of drug-likeness (QED) is 0.701. The molecule has 1 N–H and O–H groups in total. The number of nitrogens with one attached hydrogen (secondary N) is 1. The number of amidine groups is 1. The predicted molar refractivity (Wildman–Crippen MR) is 119 cm³/mol. The van der Waals surface area contributed by atoms with Crippen LogP contribution in [0.25, 0.3) is 0 Å². The van der Waals surface area contributed by atoms with Gasteiger partial charge in [0.1, 0.15) is 16.7 Å². The first-order valence-corrected chi connectivity index (χ1v) is 10.3. The van der Waals surface area contributed by atoms with Crippen molar-refractivity contribution in [2.45, 2.75) is 18.6 Å². The number of halogens is 2. The molecule has 2 aromatic carbocycles. The molecular weight excluding hydrogens is 433 g/mol. The SMILES string of the molecule is COc1ccc(Cl)cc1N=C1SC(CC(=O)Nc2cccc(Cl)c2C)C(=O)N1C. The monoisotopic (exact) mass is 451 g/mol. The minimum atomic E-state index is -0.566. The molecule has 9 heteroatoms. The van der Waals surface area contributed by atoms with Crippen LogP contribution in [-0.4, -0.2) is 41.3 Å². The van der Waals surface area contributed by atoms with Crippen molar-refractivity contribution >= 4 is 63.3 Å². The lowest BCUT2D eigenvalue weighted by molar-refractivity contribution is -0.127. The lowest BCUT2D eigenvalue weighted by Crippen LogP contribution is -2.30. The summed E-state index contributed by atoms with van der Waals surface area (Å²) < 4.78 is 5.30. The second kappa shape index (κ2) is 9.07. The van der Waals surface area contributed by atoms with E-state index in [-0.39, 0.29) is 18.2 Å². The summed E-state index contributed by atoms with van der Waals surface area (Å²) in [4.78, 5) is 31.0. The van der Waals surface area contributed by atoms with Crippen molar-refractivity contribution in [1.29, 1.82) is 0 Å². The average molecular weight is 452 g/mol. The van der Waals surface area contributed by atoms with E-state index in [0.717, 1.165) is 5.56 Å². The van der Waals surface area contributed by atoms with E-state index in [4.69, 9.17) is 27.9 Å². The van der Waals surface area contributed by atoms with E-state index in [1.807, 2.05) is 6.92 Å².